The van der Waals surface area contributed by atoms with Gasteiger partial charge in [-0.05, 0) is 18.4 Å². The smallest absolute Gasteiger partial charge is 0.231 e. The number of hydrogen-bond donors (Lipinski definition) is 2. The number of carbonyl (C=O) groups is 2. The highest BCUT2D eigenvalue weighted by Crippen LogP contribution is 2.38. The number of hydrogen-bond acceptors (Lipinski definition) is 5. The van der Waals surface area contributed by atoms with Crippen molar-refractivity contribution in [3.05, 3.63) is 47.5 Å². The number of carbonyl (C=O) groups excluding carboxylic acids is 2. The summed E-state index contributed by atoms with van der Waals surface area (Å²) in [4.78, 5) is 24.5. The third kappa shape index (κ3) is 4.78. The van der Waals surface area contributed by atoms with E-state index in [9.17, 15) is 9.59 Å². The van der Waals surface area contributed by atoms with E-state index >= 15 is 0 Å². The first-order chi connectivity index (χ1) is 13.1. The molecule has 1 amide bonds. The monoisotopic (exact) mass is 368 g/mol. The van der Waals surface area contributed by atoms with Crippen LogP contribution < -0.4 is 20.5 Å². The van der Waals surface area contributed by atoms with Crippen molar-refractivity contribution in [2.24, 2.45) is 0 Å². The number of anilines is 2. The van der Waals surface area contributed by atoms with Gasteiger partial charge in [0, 0.05) is 30.5 Å². The summed E-state index contributed by atoms with van der Waals surface area (Å²) in [5.41, 5.74) is 8.62. The van der Waals surface area contributed by atoms with Crippen LogP contribution in [0, 0.1) is 0 Å². The Kier molecular flexibility index (Phi) is 5.96. The second-order valence-electron chi connectivity index (χ2n) is 6.56. The Morgan fingerprint density at radius 1 is 1.07 bits per heavy atom. The highest BCUT2D eigenvalue weighted by atomic mass is 16.7. The molecule has 142 valence electrons. The molecule has 27 heavy (non-hydrogen) atoms. The van der Waals surface area contributed by atoms with Gasteiger partial charge in [0.1, 0.15) is 0 Å². The van der Waals surface area contributed by atoms with Gasteiger partial charge in [-0.3, -0.25) is 9.59 Å². The second-order valence-corrected chi connectivity index (χ2v) is 6.56. The highest BCUT2D eigenvalue weighted by Gasteiger charge is 2.17. The average molecular weight is 368 g/mol. The Hall–Kier alpha value is -3.02. The van der Waals surface area contributed by atoms with E-state index in [2.05, 4.69) is 12.2 Å². The van der Waals surface area contributed by atoms with Crippen molar-refractivity contribution in [1.29, 1.82) is 0 Å². The SMILES string of the molecule is CCCCc1ccc(C(=O)CCC(=O)Nc2cc3c(cc2N)OCO3)cc1. The van der Waals surface area contributed by atoms with Crippen LogP contribution in [-0.4, -0.2) is 18.5 Å². The topological polar surface area (TPSA) is 90.7 Å². The van der Waals surface area contributed by atoms with Crippen LogP contribution in [0.5, 0.6) is 11.5 Å². The lowest BCUT2D eigenvalue weighted by molar-refractivity contribution is -0.116. The van der Waals surface area contributed by atoms with Gasteiger partial charge in [0.2, 0.25) is 12.7 Å². The number of amides is 1. The van der Waals surface area contributed by atoms with Crippen molar-refractivity contribution in [1.82, 2.24) is 0 Å². The number of ether oxygens (including phenoxy) is 2. The summed E-state index contributed by atoms with van der Waals surface area (Å²) in [7, 11) is 0. The van der Waals surface area contributed by atoms with Crippen molar-refractivity contribution in [3.8, 4) is 11.5 Å². The number of benzene rings is 2. The normalized spacial score (nSPS) is 12.0. The number of nitrogens with one attached hydrogen (secondary N) is 1. The average Bonchev–Trinajstić information content (AvgIpc) is 3.12. The maximum absolute atomic E-state index is 12.3. The molecule has 1 aliphatic rings. The maximum Gasteiger partial charge on any atom is 0.231 e. The summed E-state index contributed by atoms with van der Waals surface area (Å²) in [5.74, 6) is 0.779. The molecule has 0 atom stereocenters. The molecule has 0 spiro atoms. The van der Waals surface area contributed by atoms with Crippen molar-refractivity contribution in [2.45, 2.75) is 39.0 Å². The molecule has 0 bridgehead atoms. The van der Waals surface area contributed by atoms with Gasteiger partial charge >= 0.3 is 0 Å². The van der Waals surface area contributed by atoms with E-state index in [0.717, 1.165) is 19.3 Å². The molecule has 1 aliphatic heterocycles. The Morgan fingerprint density at radius 2 is 1.78 bits per heavy atom. The largest absolute Gasteiger partial charge is 0.454 e. The summed E-state index contributed by atoms with van der Waals surface area (Å²) >= 11 is 0. The molecule has 0 radical (unpaired) electrons. The summed E-state index contributed by atoms with van der Waals surface area (Å²) in [6.07, 6.45) is 3.53. The van der Waals surface area contributed by atoms with Crippen LogP contribution in [0.2, 0.25) is 0 Å². The Labute approximate surface area is 158 Å². The summed E-state index contributed by atoms with van der Waals surface area (Å²) < 4.78 is 10.5. The molecule has 3 rings (SSSR count). The second kappa shape index (κ2) is 8.58. The van der Waals surface area contributed by atoms with Gasteiger partial charge in [-0.15, -0.1) is 0 Å². The Balaban J connectivity index is 1.52. The number of Topliss-reactive ketones (excluding diaryl/α,β-unsaturated/α-hetero) is 1. The molecule has 0 fully saturated rings. The molecular weight excluding hydrogens is 344 g/mol. The predicted molar refractivity (Wildman–Crippen MR) is 104 cm³/mol. The molecule has 2 aromatic carbocycles. The maximum atomic E-state index is 12.3. The van der Waals surface area contributed by atoms with Crippen LogP contribution in [0.4, 0.5) is 11.4 Å². The van der Waals surface area contributed by atoms with Gasteiger partial charge in [-0.1, -0.05) is 37.6 Å². The van der Waals surface area contributed by atoms with Crippen molar-refractivity contribution < 1.29 is 19.1 Å². The molecule has 6 heteroatoms. The molecule has 0 saturated carbocycles. The molecule has 1 heterocycles. The summed E-state index contributed by atoms with van der Waals surface area (Å²) in [5, 5.41) is 2.73. The fraction of sp³-hybridized carbons (Fsp3) is 0.333. The van der Waals surface area contributed by atoms with Crippen molar-refractivity contribution in [2.75, 3.05) is 17.8 Å². The van der Waals surface area contributed by atoms with E-state index in [1.165, 1.54) is 5.56 Å². The minimum Gasteiger partial charge on any atom is -0.454 e. The number of aryl methyl sites for hydroxylation is 1. The standard InChI is InChI=1S/C21H24N2O4/c1-2-3-4-14-5-7-15(8-6-14)18(24)9-10-21(25)23-17-12-20-19(11-16(17)22)26-13-27-20/h5-8,11-12H,2-4,9-10,13,22H2,1H3,(H,23,25). The minimum atomic E-state index is -0.270. The predicted octanol–water partition coefficient (Wildman–Crippen LogP) is 3.94. The van der Waals surface area contributed by atoms with Gasteiger partial charge in [0.15, 0.2) is 17.3 Å². The first-order valence-corrected chi connectivity index (χ1v) is 9.18. The quantitative estimate of drug-likeness (QED) is 0.544. The molecular formula is C21H24N2O4. The zero-order chi connectivity index (χ0) is 19.2. The van der Waals surface area contributed by atoms with Gasteiger partial charge in [0.05, 0.1) is 11.4 Å². The zero-order valence-electron chi connectivity index (χ0n) is 15.4. The van der Waals surface area contributed by atoms with Gasteiger partial charge in [0.25, 0.3) is 0 Å². The van der Waals surface area contributed by atoms with E-state index in [-0.39, 0.29) is 31.3 Å². The molecule has 0 saturated heterocycles. The lowest BCUT2D eigenvalue weighted by Crippen LogP contribution is -2.14. The summed E-state index contributed by atoms with van der Waals surface area (Å²) in [6.45, 7) is 2.29. The van der Waals surface area contributed by atoms with E-state index < -0.39 is 0 Å². The number of nitrogen functional groups attached to an aromatic ring is 1. The number of ketones is 1. The van der Waals surface area contributed by atoms with Crippen LogP contribution in [0.25, 0.3) is 0 Å². The van der Waals surface area contributed by atoms with Gasteiger partial charge < -0.3 is 20.5 Å². The molecule has 0 aromatic heterocycles. The molecule has 6 nitrogen and oxygen atoms in total. The molecule has 3 N–H and O–H groups in total. The molecule has 2 aromatic rings. The van der Waals surface area contributed by atoms with E-state index in [4.69, 9.17) is 15.2 Å². The number of rotatable bonds is 8. The summed E-state index contributed by atoms with van der Waals surface area (Å²) in [6, 6.07) is 10.9. The van der Waals surface area contributed by atoms with E-state index in [1.807, 2.05) is 24.3 Å². The van der Waals surface area contributed by atoms with Crippen LogP contribution in [0.15, 0.2) is 36.4 Å². The molecule has 0 aliphatic carbocycles. The lowest BCUT2D eigenvalue weighted by Gasteiger charge is -2.09. The molecule has 0 unspecified atom stereocenters. The van der Waals surface area contributed by atoms with Crippen molar-refractivity contribution in [3.63, 3.8) is 0 Å². The fourth-order valence-corrected chi connectivity index (χ4v) is 2.89. The lowest BCUT2D eigenvalue weighted by atomic mass is 10.0. The fourth-order valence-electron chi connectivity index (χ4n) is 2.89. The highest BCUT2D eigenvalue weighted by molar-refractivity contribution is 6.01. The van der Waals surface area contributed by atoms with Crippen molar-refractivity contribution >= 4 is 23.1 Å². The van der Waals surface area contributed by atoms with E-state index in [1.54, 1.807) is 12.1 Å². The minimum absolute atomic E-state index is 0.0501. The van der Waals surface area contributed by atoms with Crippen LogP contribution in [-0.2, 0) is 11.2 Å². The Morgan fingerprint density at radius 3 is 2.48 bits per heavy atom. The first kappa shape index (κ1) is 18.8. The number of nitrogens with two attached hydrogens (primary N) is 1. The number of fused-ring (bicyclic) bond motifs is 1. The van der Waals surface area contributed by atoms with E-state index in [0.29, 0.717) is 28.4 Å². The van der Waals surface area contributed by atoms with Crippen LogP contribution in [0.1, 0.15) is 48.5 Å². The Bertz CT molecular complexity index is 831. The van der Waals surface area contributed by atoms with Crippen LogP contribution in [0.3, 0.4) is 0 Å². The van der Waals surface area contributed by atoms with Gasteiger partial charge in [-0.25, -0.2) is 0 Å². The third-order valence-electron chi connectivity index (χ3n) is 4.49. The zero-order valence-corrected chi connectivity index (χ0v) is 15.4. The number of unbranched alkanes of at least 4 members (excludes halogenated alkanes) is 1. The third-order valence-corrected chi connectivity index (χ3v) is 4.49. The first-order valence-electron chi connectivity index (χ1n) is 9.18. The van der Waals surface area contributed by atoms with Gasteiger partial charge in [-0.2, -0.15) is 0 Å². The van der Waals surface area contributed by atoms with Crippen LogP contribution >= 0.6 is 0 Å².